The van der Waals surface area contributed by atoms with Crippen LogP contribution in [0.5, 0.6) is 5.75 Å². The summed E-state index contributed by atoms with van der Waals surface area (Å²) in [6.45, 7) is 1.72. The molecule has 2 heterocycles. The highest BCUT2D eigenvalue weighted by atomic mass is 19.1. The Hall–Kier alpha value is -3.98. The minimum atomic E-state index is -0.820. The van der Waals surface area contributed by atoms with E-state index in [2.05, 4.69) is 10.1 Å². The Morgan fingerprint density at radius 1 is 1.21 bits per heavy atom. The first kappa shape index (κ1) is 21.8. The van der Waals surface area contributed by atoms with Gasteiger partial charge in [0.1, 0.15) is 28.6 Å². The van der Waals surface area contributed by atoms with Crippen molar-refractivity contribution in [2.75, 3.05) is 12.8 Å². The van der Waals surface area contributed by atoms with Crippen molar-refractivity contribution in [3.8, 4) is 28.3 Å². The number of anilines is 1. The summed E-state index contributed by atoms with van der Waals surface area (Å²) in [5.41, 5.74) is 13.3. The molecule has 2 aromatic heterocycles. The summed E-state index contributed by atoms with van der Waals surface area (Å²) in [5.74, 6) is -0.919. The van der Waals surface area contributed by atoms with Crippen LogP contribution >= 0.6 is 0 Å². The van der Waals surface area contributed by atoms with Gasteiger partial charge in [0.25, 0.3) is 5.91 Å². The molecule has 1 aliphatic rings. The van der Waals surface area contributed by atoms with Gasteiger partial charge >= 0.3 is 0 Å². The monoisotopic (exact) mass is 461 g/mol. The van der Waals surface area contributed by atoms with Gasteiger partial charge in [-0.3, -0.25) is 4.79 Å². The minimum Gasteiger partial charge on any atom is -0.496 e. The van der Waals surface area contributed by atoms with Crippen molar-refractivity contribution in [3.63, 3.8) is 0 Å². The molecule has 5 rings (SSSR count). The van der Waals surface area contributed by atoms with Crippen LogP contribution in [-0.2, 0) is 0 Å². The summed E-state index contributed by atoms with van der Waals surface area (Å²) < 4.78 is 22.3. The number of methoxy groups -OCH3 is 1. The Labute approximate surface area is 195 Å². The fraction of sp³-hybridized carbons (Fsp3) is 0.240. The van der Waals surface area contributed by atoms with E-state index in [-0.39, 0.29) is 28.5 Å². The maximum Gasteiger partial charge on any atom is 0.254 e. The van der Waals surface area contributed by atoms with Crippen LogP contribution in [0.1, 0.15) is 36.2 Å². The highest BCUT2D eigenvalue weighted by Crippen LogP contribution is 2.44. The molecule has 0 aliphatic heterocycles. The lowest BCUT2D eigenvalue weighted by Crippen LogP contribution is -2.42. The topological polar surface area (TPSA) is 129 Å². The molecule has 174 valence electrons. The predicted molar refractivity (Wildman–Crippen MR) is 127 cm³/mol. The smallest absolute Gasteiger partial charge is 0.254 e. The number of carbonyl (C=O) groups excluding carboxylic acids is 1. The van der Waals surface area contributed by atoms with E-state index in [0.29, 0.717) is 35.4 Å². The highest BCUT2D eigenvalue weighted by Gasteiger charge is 2.41. The quantitative estimate of drug-likeness (QED) is 0.416. The maximum absolute atomic E-state index is 15.4. The van der Waals surface area contributed by atoms with E-state index >= 15 is 4.39 Å². The number of rotatable bonds is 5. The molecular weight excluding hydrogens is 437 g/mol. The number of amides is 1. The number of hydrogen-bond donors (Lipinski definition) is 3. The van der Waals surface area contributed by atoms with E-state index in [1.165, 1.54) is 17.9 Å². The number of nitrogen functional groups attached to an aromatic ring is 1. The van der Waals surface area contributed by atoms with Crippen LogP contribution < -0.4 is 16.2 Å². The molecule has 9 heteroatoms. The van der Waals surface area contributed by atoms with Crippen LogP contribution in [0.25, 0.3) is 33.4 Å². The molecule has 1 fully saturated rings. The van der Waals surface area contributed by atoms with Gasteiger partial charge in [-0.25, -0.2) is 14.1 Å². The van der Waals surface area contributed by atoms with Crippen molar-refractivity contribution in [2.45, 2.75) is 31.4 Å². The average molecular weight is 461 g/mol. The number of nitrogens with two attached hydrogens (primary N) is 2. The summed E-state index contributed by atoms with van der Waals surface area (Å²) in [6.07, 6.45) is 0.865. The largest absolute Gasteiger partial charge is 0.496 e. The minimum absolute atomic E-state index is 0.0106. The number of halogens is 1. The molecule has 1 saturated carbocycles. The molecule has 34 heavy (non-hydrogen) atoms. The van der Waals surface area contributed by atoms with Crippen LogP contribution in [0.3, 0.4) is 0 Å². The molecule has 0 unspecified atom stereocenters. The molecule has 0 bridgehead atoms. The summed E-state index contributed by atoms with van der Waals surface area (Å²) in [6, 6.07) is 13.9. The zero-order valence-corrected chi connectivity index (χ0v) is 18.7. The first-order valence-electron chi connectivity index (χ1n) is 10.8. The second kappa shape index (κ2) is 7.81. The number of aromatic nitrogens is 3. The van der Waals surface area contributed by atoms with E-state index in [4.69, 9.17) is 16.2 Å². The van der Waals surface area contributed by atoms with Crippen molar-refractivity contribution in [1.29, 1.82) is 0 Å². The van der Waals surface area contributed by atoms with Crippen LogP contribution in [-0.4, -0.2) is 38.5 Å². The number of nitrogens with zero attached hydrogens (tertiary/aromatic N) is 3. The van der Waals surface area contributed by atoms with Gasteiger partial charge in [0.05, 0.1) is 35.3 Å². The number of benzene rings is 2. The lowest BCUT2D eigenvalue weighted by molar-refractivity contribution is -0.0535. The van der Waals surface area contributed by atoms with Gasteiger partial charge < -0.3 is 21.3 Å². The number of aliphatic hydroxyl groups is 1. The van der Waals surface area contributed by atoms with Crippen LogP contribution in [0.4, 0.5) is 10.2 Å². The van der Waals surface area contributed by atoms with Crippen molar-refractivity contribution in [2.24, 2.45) is 5.73 Å². The van der Waals surface area contributed by atoms with Crippen LogP contribution in [0.2, 0.25) is 0 Å². The standard InChI is InChI=1S/C25H24FN5O3/c1-25(33)11-15(12-25)31-23(27)21(24(28)32)22(30-31)14-8-16(26)20-18(9-14)29-17(10-19(20)34-2)13-6-4-3-5-7-13/h3-10,15,33H,11-12,27H2,1-2H3,(H2,28,32)/t15-,25+. The second-order valence-electron chi connectivity index (χ2n) is 8.90. The van der Waals surface area contributed by atoms with Crippen molar-refractivity contribution < 1.29 is 19.0 Å². The van der Waals surface area contributed by atoms with Crippen molar-refractivity contribution in [1.82, 2.24) is 14.8 Å². The summed E-state index contributed by atoms with van der Waals surface area (Å²) in [4.78, 5) is 16.9. The first-order chi connectivity index (χ1) is 16.2. The summed E-state index contributed by atoms with van der Waals surface area (Å²) >= 11 is 0. The maximum atomic E-state index is 15.4. The molecule has 0 saturated heterocycles. The molecule has 0 radical (unpaired) electrons. The van der Waals surface area contributed by atoms with Gasteiger partial charge in [0, 0.05) is 17.2 Å². The normalized spacial score (nSPS) is 19.7. The van der Waals surface area contributed by atoms with Gasteiger partial charge in [0.2, 0.25) is 0 Å². The number of primary amides is 1. The molecule has 0 atom stereocenters. The third kappa shape index (κ3) is 3.54. The number of carbonyl (C=O) groups is 1. The van der Waals surface area contributed by atoms with Gasteiger partial charge in [-0.1, -0.05) is 30.3 Å². The van der Waals surface area contributed by atoms with E-state index in [1.54, 1.807) is 19.1 Å². The van der Waals surface area contributed by atoms with E-state index in [9.17, 15) is 9.90 Å². The lowest BCUT2D eigenvalue weighted by atomic mass is 9.77. The molecule has 4 aromatic rings. The molecule has 0 spiro atoms. The van der Waals surface area contributed by atoms with Crippen LogP contribution in [0.15, 0.2) is 48.5 Å². The molecule has 5 N–H and O–H groups in total. The summed E-state index contributed by atoms with van der Waals surface area (Å²) in [7, 11) is 1.47. The zero-order valence-electron chi connectivity index (χ0n) is 18.7. The second-order valence-corrected chi connectivity index (χ2v) is 8.90. The van der Waals surface area contributed by atoms with E-state index in [1.807, 2.05) is 30.3 Å². The van der Waals surface area contributed by atoms with Gasteiger partial charge in [-0.05, 0) is 31.9 Å². The Morgan fingerprint density at radius 2 is 1.91 bits per heavy atom. The molecule has 8 nitrogen and oxygen atoms in total. The third-order valence-electron chi connectivity index (χ3n) is 6.28. The molecular formula is C25H24FN5O3. The molecule has 1 amide bonds. The molecule has 1 aliphatic carbocycles. The Balaban J connectivity index is 1.69. The van der Waals surface area contributed by atoms with Gasteiger partial charge in [0.15, 0.2) is 0 Å². The Morgan fingerprint density at radius 3 is 2.53 bits per heavy atom. The zero-order chi connectivity index (χ0) is 24.2. The predicted octanol–water partition coefficient (Wildman–Crippen LogP) is 3.68. The number of hydrogen-bond acceptors (Lipinski definition) is 6. The number of fused-ring (bicyclic) bond motifs is 1. The fourth-order valence-electron chi connectivity index (χ4n) is 4.64. The van der Waals surface area contributed by atoms with E-state index in [0.717, 1.165) is 5.56 Å². The van der Waals surface area contributed by atoms with Gasteiger partial charge in [-0.15, -0.1) is 0 Å². The van der Waals surface area contributed by atoms with Gasteiger partial charge in [-0.2, -0.15) is 5.10 Å². The Kier molecular flexibility index (Phi) is 5.02. The highest BCUT2D eigenvalue weighted by molar-refractivity contribution is 6.04. The third-order valence-corrected chi connectivity index (χ3v) is 6.28. The number of pyridine rings is 1. The number of ether oxygens (including phenoxy) is 1. The summed E-state index contributed by atoms with van der Waals surface area (Å²) in [5, 5.41) is 14.8. The fourth-order valence-corrected chi connectivity index (χ4v) is 4.64. The lowest BCUT2D eigenvalue weighted by Gasteiger charge is -2.41. The van der Waals surface area contributed by atoms with E-state index < -0.39 is 17.3 Å². The average Bonchev–Trinajstić information content (AvgIpc) is 3.14. The van der Waals surface area contributed by atoms with Crippen molar-refractivity contribution in [3.05, 3.63) is 59.9 Å². The Bertz CT molecular complexity index is 1420. The molecule has 2 aromatic carbocycles. The SMILES string of the molecule is COc1cc(-c2ccccc2)nc2cc(-c3nn([C@H]4C[C@@](C)(O)C4)c(N)c3C(N)=O)cc(F)c12. The van der Waals surface area contributed by atoms with Crippen molar-refractivity contribution >= 4 is 22.6 Å². The first-order valence-corrected chi connectivity index (χ1v) is 10.8. The van der Waals surface area contributed by atoms with Crippen LogP contribution in [0, 0.1) is 5.82 Å².